The number of hydrogen-bond acceptors (Lipinski definition) is 12. The number of para-hydroxylation sites is 2. The topological polar surface area (TPSA) is 123 Å². The summed E-state index contributed by atoms with van der Waals surface area (Å²) in [5.74, 6) is 7.58. The molecule has 4 fully saturated rings. The van der Waals surface area contributed by atoms with E-state index in [1.165, 1.54) is 16.7 Å². The molecule has 0 spiro atoms. The van der Waals surface area contributed by atoms with E-state index >= 15 is 0 Å². The first-order valence-electron chi connectivity index (χ1n) is 23.4. The van der Waals surface area contributed by atoms with E-state index in [9.17, 15) is 10.2 Å². The Kier molecular flexibility index (Phi) is 11.9. The molecule has 12 nitrogen and oxygen atoms in total. The maximum atomic E-state index is 9.91. The number of aromatic nitrogens is 4. The second kappa shape index (κ2) is 18.0. The summed E-state index contributed by atoms with van der Waals surface area (Å²) in [5, 5.41) is 21.6. The number of nitrogens with zero attached hydrogens (tertiary/aromatic N) is 8. The van der Waals surface area contributed by atoms with Gasteiger partial charge < -0.3 is 39.3 Å². The lowest BCUT2D eigenvalue weighted by Gasteiger charge is -2.35. The van der Waals surface area contributed by atoms with E-state index in [-0.39, 0.29) is 25.0 Å². The van der Waals surface area contributed by atoms with Crippen LogP contribution in [0.1, 0.15) is 103 Å². The molecule has 0 bridgehead atoms. The van der Waals surface area contributed by atoms with Gasteiger partial charge in [-0.15, -0.1) is 0 Å². The third-order valence-electron chi connectivity index (χ3n) is 14.5. The van der Waals surface area contributed by atoms with Gasteiger partial charge in [-0.1, -0.05) is 42.5 Å². The molecule has 2 N–H and O–H groups in total. The Labute approximate surface area is 376 Å². The third-order valence-corrected chi connectivity index (χ3v) is 14.5. The van der Waals surface area contributed by atoms with E-state index in [0.717, 1.165) is 139 Å². The largest absolute Gasteiger partial charge is 0.496 e. The van der Waals surface area contributed by atoms with E-state index in [1.807, 2.05) is 27.3 Å². The SMILES string of the molecule is COc1ccccc1C1CCN(c2nc(C3CC3c3cccc(C4CCN(c5nc(C6CC6)nc6cc(N(C)CCO)ccc56)CC4)c3OC)nc3cccc(N(C)CCO)c23)CC1. The fraction of sp³-hybridized carbons (Fsp3) is 0.462. The molecule has 0 radical (unpaired) electrons. The van der Waals surface area contributed by atoms with Crippen LogP contribution in [-0.4, -0.2) is 111 Å². The number of aliphatic hydroxyl groups is 2. The molecule has 334 valence electrons. The highest BCUT2D eigenvalue weighted by atomic mass is 16.5. The van der Waals surface area contributed by atoms with E-state index in [1.54, 1.807) is 7.11 Å². The van der Waals surface area contributed by atoms with Crippen molar-refractivity contribution in [1.29, 1.82) is 0 Å². The second-order valence-corrected chi connectivity index (χ2v) is 18.4. The predicted octanol–water partition coefficient (Wildman–Crippen LogP) is 8.36. The van der Waals surface area contributed by atoms with Crippen LogP contribution in [0.15, 0.2) is 78.9 Å². The molecule has 2 aliphatic heterocycles. The minimum Gasteiger partial charge on any atom is -0.496 e. The minimum atomic E-state index is 0.0712. The molecule has 4 aromatic carbocycles. The van der Waals surface area contributed by atoms with Crippen LogP contribution in [0.5, 0.6) is 11.5 Å². The molecule has 2 aliphatic carbocycles. The van der Waals surface area contributed by atoms with Crippen LogP contribution in [0.4, 0.5) is 23.0 Å². The zero-order valence-corrected chi connectivity index (χ0v) is 37.8. The summed E-state index contributed by atoms with van der Waals surface area (Å²) in [6.07, 6.45) is 7.31. The van der Waals surface area contributed by atoms with Crippen molar-refractivity contribution in [2.24, 2.45) is 0 Å². The lowest BCUT2D eigenvalue weighted by molar-refractivity contribution is 0.304. The molecule has 0 amide bonds. The highest BCUT2D eigenvalue weighted by molar-refractivity contribution is 6.00. The van der Waals surface area contributed by atoms with Crippen molar-refractivity contribution in [2.45, 2.75) is 74.5 Å². The molecule has 10 rings (SSSR count). The highest BCUT2D eigenvalue weighted by Crippen LogP contribution is 2.58. The van der Waals surface area contributed by atoms with Crippen molar-refractivity contribution in [3.63, 3.8) is 0 Å². The Morgan fingerprint density at radius 1 is 0.594 bits per heavy atom. The van der Waals surface area contributed by atoms with Crippen molar-refractivity contribution < 1.29 is 19.7 Å². The number of fused-ring (bicyclic) bond motifs is 2. The van der Waals surface area contributed by atoms with E-state index in [4.69, 9.17) is 29.4 Å². The number of ether oxygens (including phenoxy) is 2. The van der Waals surface area contributed by atoms with E-state index in [0.29, 0.717) is 30.8 Å². The van der Waals surface area contributed by atoms with Crippen molar-refractivity contribution in [3.05, 3.63) is 107 Å². The Bertz CT molecular complexity index is 2620. The fourth-order valence-corrected chi connectivity index (χ4v) is 10.6. The van der Waals surface area contributed by atoms with Crippen LogP contribution in [0, 0.1) is 0 Å². The van der Waals surface area contributed by atoms with Crippen LogP contribution < -0.4 is 29.1 Å². The van der Waals surface area contributed by atoms with Gasteiger partial charge in [-0.25, -0.2) is 19.9 Å². The van der Waals surface area contributed by atoms with Gasteiger partial charge in [-0.2, -0.15) is 0 Å². The van der Waals surface area contributed by atoms with Gasteiger partial charge in [0, 0.05) is 82.0 Å². The zero-order valence-electron chi connectivity index (χ0n) is 37.8. The predicted molar refractivity (Wildman–Crippen MR) is 256 cm³/mol. The number of benzene rings is 4. The first-order valence-corrected chi connectivity index (χ1v) is 23.4. The van der Waals surface area contributed by atoms with E-state index in [2.05, 4.69) is 92.4 Å². The van der Waals surface area contributed by atoms with Gasteiger partial charge in [-0.3, -0.25) is 0 Å². The maximum absolute atomic E-state index is 9.91. The summed E-state index contributed by atoms with van der Waals surface area (Å²) in [7, 11) is 7.64. The molecule has 2 atom stereocenters. The minimum absolute atomic E-state index is 0.0712. The Balaban J connectivity index is 0.901. The van der Waals surface area contributed by atoms with Crippen LogP contribution in [0.3, 0.4) is 0 Å². The Morgan fingerprint density at radius 3 is 1.95 bits per heavy atom. The lowest BCUT2D eigenvalue weighted by Crippen LogP contribution is -2.34. The summed E-state index contributed by atoms with van der Waals surface area (Å²) in [4.78, 5) is 30.2. The molecular weight excluding hydrogens is 801 g/mol. The van der Waals surface area contributed by atoms with Crippen molar-refractivity contribution in [3.8, 4) is 11.5 Å². The van der Waals surface area contributed by atoms with Crippen molar-refractivity contribution >= 4 is 44.8 Å². The van der Waals surface area contributed by atoms with Crippen molar-refractivity contribution in [1.82, 2.24) is 19.9 Å². The van der Waals surface area contributed by atoms with Gasteiger partial charge >= 0.3 is 0 Å². The Hall–Kier alpha value is -5.72. The van der Waals surface area contributed by atoms with Crippen LogP contribution in [0.25, 0.3) is 21.8 Å². The Morgan fingerprint density at radius 2 is 1.23 bits per heavy atom. The normalized spacial score (nSPS) is 19.3. The number of rotatable bonds is 15. The zero-order chi connectivity index (χ0) is 43.9. The molecule has 2 aromatic heterocycles. The van der Waals surface area contributed by atoms with Crippen molar-refractivity contribution in [2.75, 3.05) is 100 Å². The molecule has 12 heteroatoms. The first kappa shape index (κ1) is 42.2. The molecule has 2 saturated carbocycles. The van der Waals surface area contributed by atoms with Gasteiger partial charge in [0.15, 0.2) is 0 Å². The monoisotopic (exact) mass is 862 g/mol. The smallest absolute Gasteiger partial charge is 0.142 e. The molecule has 64 heavy (non-hydrogen) atoms. The molecular formula is C52H62N8O4. The maximum Gasteiger partial charge on any atom is 0.142 e. The number of methoxy groups -OCH3 is 2. The van der Waals surface area contributed by atoms with Gasteiger partial charge in [0.2, 0.25) is 0 Å². The molecule has 4 aliphatic rings. The summed E-state index contributed by atoms with van der Waals surface area (Å²) in [6, 6.07) is 28.0. The first-order chi connectivity index (χ1) is 31.4. The third kappa shape index (κ3) is 8.15. The molecule has 4 heterocycles. The number of aliphatic hydroxyl groups excluding tert-OH is 2. The number of likely N-dealkylation sites (N-methyl/N-ethyl adjacent to an activating group) is 2. The van der Waals surface area contributed by atoms with Gasteiger partial charge in [0.05, 0.1) is 43.9 Å². The number of anilines is 4. The molecule has 2 saturated heterocycles. The standard InChI is InChI=1S/C52H62N8O4/c1-57(27-29-61)36-17-18-40-44(31-36)54-49(35-15-16-35)55-51(40)59-23-21-34(22-24-59)38-10-7-11-39(48(38)64-4)41-32-42(41)50-53-43-12-8-13-45(58(2)28-30-62)47(43)52(56-50)60-25-19-33(20-26-60)37-9-5-6-14-46(37)63-3/h5-14,17-18,31,33-35,41-42,61-62H,15-16,19-30,32H2,1-4H3. The van der Waals surface area contributed by atoms with Gasteiger partial charge in [0.1, 0.15) is 34.8 Å². The van der Waals surface area contributed by atoms with Crippen LogP contribution in [-0.2, 0) is 0 Å². The van der Waals surface area contributed by atoms with Gasteiger partial charge in [-0.05, 0) is 116 Å². The second-order valence-electron chi connectivity index (χ2n) is 18.4. The lowest BCUT2D eigenvalue weighted by atomic mass is 9.86. The summed E-state index contributed by atoms with van der Waals surface area (Å²) in [6.45, 7) is 4.87. The molecule has 2 unspecified atom stereocenters. The van der Waals surface area contributed by atoms with Crippen LogP contribution >= 0.6 is 0 Å². The summed E-state index contributed by atoms with van der Waals surface area (Å²) in [5.41, 5.74) is 7.86. The summed E-state index contributed by atoms with van der Waals surface area (Å²) >= 11 is 0. The number of hydrogen-bond donors (Lipinski definition) is 2. The molecule has 6 aromatic rings. The number of piperidine rings is 2. The highest BCUT2D eigenvalue weighted by Gasteiger charge is 2.45. The average Bonchev–Trinajstić information content (AvgIpc) is 4.29. The van der Waals surface area contributed by atoms with E-state index < -0.39 is 0 Å². The fourth-order valence-electron chi connectivity index (χ4n) is 10.6. The van der Waals surface area contributed by atoms with Gasteiger partial charge in [0.25, 0.3) is 0 Å². The average molecular weight is 863 g/mol. The van der Waals surface area contributed by atoms with Crippen LogP contribution in [0.2, 0.25) is 0 Å². The quantitative estimate of drug-likeness (QED) is 0.103. The summed E-state index contributed by atoms with van der Waals surface area (Å²) < 4.78 is 12.1.